The molecule has 0 aliphatic carbocycles. The van der Waals surface area contributed by atoms with Crippen molar-refractivity contribution in [3.05, 3.63) is 95.6 Å². The Morgan fingerprint density at radius 1 is 0.867 bits per heavy atom. The van der Waals surface area contributed by atoms with Crippen LogP contribution in [0.2, 0.25) is 0 Å². The highest BCUT2D eigenvalue weighted by Crippen LogP contribution is 2.40. The first-order valence-corrected chi connectivity index (χ1v) is 11.2. The van der Waals surface area contributed by atoms with Gasteiger partial charge in [-0.1, -0.05) is 99.2 Å². The summed E-state index contributed by atoms with van der Waals surface area (Å²) in [7, 11) is 2.15. The molecule has 1 nitrogen and oxygen atoms in total. The SMILES string of the molecule is CC.C[NH2+]c1ccc2ccccc2c1C(C)(CC=C(C)C)C/C=C/c1ccccc1. The van der Waals surface area contributed by atoms with Crippen LogP contribution in [0.5, 0.6) is 0 Å². The van der Waals surface area contributed by atoms with Crippen molar-refractivity contribution in [1.29, 1.82) is 0 Å². The van der Waals surface area contributed by atoms with Crippen LogP contribution in [0.1, 0.15) is 58.6 Å². The molecule has 0 aromatic heterocycles. The first kappa shape index (κ1) is 23.6. The van der Waals surface area contributed by atoms with Crippen LogP contribution in [0.3, 0.4) is 0 Å². The lowest BCUT2D eigenvalue weighted by atomic mass is 9.73. The van der Waals surface area contributed by atoms with Gasteiger partial charge in [-0.2, -0.15) is 0 Å². The first-order valence-electron chi connectivity index (χ1n) is 11.2. The van der Waals surface area contributed by atoms with E-state index in [1.54, 1.807) is 0 Å². The van der Waals surface area contributed by atoms with E-state index in [9.17, 15) is 0 Å². The third-order valence-corrected chi connectivity index (χ3v) is 5.51. The molecule has 1 heteroatoms. The average Bonchev–Trinajstić information content (AvgIpc) is 2.79. The van der Waals surface area contributed by atoms with Crippen LogP contribution >= 0.6 is 0 Å². The molecule has 0 saturated heterocycles. The van der Waals surface area contributed by atoms with Gasteiger partial charge in [0.05, 0.1) is 7.05 Å². The van der Waals surface area contributed by atoms with Crippen LogP contribution in [-0.4, -0.2) is 7.05 Å². The van der Waals surface area contributed by atoms with Crippen molar-refractivity contribution in [1.82, 2.24) is 0 Å². The summed E-state index contributed by atoms with van der Waals surface area (Å²) in [6, 6.07) is 23.9. The summed E-state index contributed by atoms with van der Waals surface area (Å²) < 4.78 is 0. The first-order chi connectivity index (χ1) is 14.5. The summed E-state index contributed by atoms with van der Waals surface area (Å²) in [6.07, 6.45) is 9.01. The number of hydrogen-bond acceptors (Lipinski definition) is 0. The Bertz CT molecular complexity index is 978. The van der Waals surface area contributed by atoms with Gasteiger partial charge in [-0.25, -0.2) is 0 Å². The van der Waals surface area contributed by atoms with Gasteiger partial charge >= 0.3 is 0 Å². The van der Waals surface area contributed by atoms with Gasteiger partial charge in [-0.3, -0.25) is 0 Å². The summed E-state index contributed by atoms with van der Waals surface area (Å²) in [4.78, 5) is 0. The van der Waals surface area contributed by atoms with Crippen LogP contribution in [0.4, 0.5) is 5.69 Å². The lowest BCUT2D eigenvalue weighted by Gasteiger charge is -2.30. The number of hydrogen-bond donors (Lipinski definition) is 1. The molecule has 158 valence electrons. The second kappa shape index (κ2) is 11.5. The zero-order chi connectivity index (χ0) is 22.0. The van der Waals surface area contributed by atoms with Crippen LogP contribution in [0.25, 0.3) is 16.8 Å². The van der Waals surface area contributed by atoms with Crippen molar-refractivity contribution in [2.24, 2.45) is 0 Å². The van der Waals surface area contributed by atoms with E-state index < -0.39 is 0 Å². The van der Waals surface area contributed by atoms with Crippen LogP contribution in [-0.2, 0) is 5.41 Å². The summed E-state index contributed by atoms with van der Waals surface area (Å²) in [5.41, 5.74) is 5.47. The highest BCUT2D eigenvalue weighted by molar-refractivity contribution is 5.89. The molecule has 1 atom stereocenters. The number of quaternary nitrogens is 1. The fourth-order valence-corrected chi connectivity index (χ4v) is 3.94. The number of benzene rings is 3. The fourth-order valence-electron chi connectivity index (χ4n) is 3.94. The molecule has 0 spiro atoms. The zero-order valence-electron chi connectivity index (χ0n) is 19.6. The van der Waals surface area contributed by atoms with Crippen LogP contribution in [0.15, 0.2) is 84.5 Å². The zero-order valence-corrected chi connectivity index (χ0v) is 19.6. The predicted molar refractivity (Wildman–Crippen MR) is 134 cm³/mol. The number of allylic oxidation sites excluding steroid dienone is 3. The maximum atomic E-state index is 2.41. The Labute approximate surface area is 183 Å². The van der Waals surface area contributed by atoms with E-state index in [-0.39, 0.29) is 5.41 Å². The molecule has 0 bridgehead atoms. The van der Waals surface area contributed by atoms with Crippen molar-refractivity contribution in [2.75, 3.05) is 7.05 Å². The van der Waals surface area contributed by atoms with E-state index in [1.807, 2.05) is 13.8 Å². The molecular weight excluding hydrogens is 362 g/mol. The van der Waals surface area contributed by atoms with Crippen LogP contribution < -0.4 is 5.32 Å². The Kier molecular flexibility index (Phi) is 9.08. The third kappa shape index (κ3) is 5.93. The Hall–Kier alpha value is -2.64. The molecule has 0 radical (unpaired) electrons. The van der Waals surface area contributed by atoms with Gasteiger partial charge in [0.2, 0.25) is 0 Å². The quantitative estimate of drug-likeness (QED) is 0.314. The second-order valence-corrected chi connectivity index (χ2v) is 8.10. The summed E-state index contributed by atoms with van der Waals surface area (Å²) in [5, 5.41) is 4.94. The monoisotopic (exact) mass is 400 g/mol. The molecule has 30 heavy (non-hydrogen) atoms. The standard InChI is InChI=1S/C27H31N.C2H6/c1-21(2)18-20-27(3,19-10-13-22-11-6-5-7-12-22)26-24-15-9-8-14-23(24)16-17-25(26)28-4;1-2/h5-18,28H,19-20H2,1-4H3;1-2H3/p+1/b13-10+;. The minimum Gasteiger partial charge on any atom is -0.316 e. The molecule has 3 aromatic rings. The molecule has 3 aromatic carbocycles. The number of nitrogens with two attached hydrogens (primary N) is 1. The van der Waals surface area contributed by atoms with Gasteiger partial charge in [-0.15, -0.1) is 0 Å². The lowest BCUT2D eigenvalue weighted by molar-refractivity contribution is -0.540. The van der Waals surface area contributed by atoms with Crippen LogP contribution in [0, 0.1) is 0 Å². The van der Waals surface area contributed by atoms with Gasteiger partial charge in [0.15, 0.2) is 0 Å². The van der Waals surface area contributed by atoms with E-state index in [0.717, 1.165) is 12.8 Å². The smallest absolute Gasteiger partial charge is 0.133 e. The van der Waals surface area contributed by atoms with Crippen molar-refractivity contribution < 1.29 is 5.32 Å². The van der Waals surface area contributed by atoms with Crippen molar-refractivity contribution in [3.8, 4) is 0 Å². The maximum absolute atomic E-state index is 2.41. The van der Waals surface area contributed by atoms with Gasteiger partial charge in [-0.05, 0) is 55.2 Å². The summed E-state index contributed by atoms with van der Waals surface area (Å²) in [5.74, 6) is 0. The van der Waals surface area contributed by atoms with E-state index in [4.69, 9.17) is 0 Å². The minimum atomic E-state index is 0.0330. The maximum Gasteiger partial charge on any atom is 0.133 e. The largest absolute Gasteiger partial charge is 0.316 e. The van der Waals surface area contributed by atoms with E-state index in [2.05, 4.69) is 118 Å². The molecular formula is C29H38N+. The molecule has 0 fully saturated rings. The van der Waals surface area contributed by atoms with E-state index in [0.29, 0.717) is 0 Å². The second-order valence-electron chi connectivity index (χ2n) is 8.10. The number of fused-ring (bicyclic) bond motifs is 1. The normalized spacial score (nSPS) is 12.9. The molecule has 1 unspecified atom stereocenters. The lowest BCUT2D eigenvalue weighted by Crippen LogP contribution is -2.73. The Balaban J connectivity index is 0.00000155. The minimum absolute atomic E-state index is 0.0330. The van der Waals surface area contributed by atoms with Gasteiger partial charge in [0, 0.05) is 11.0 Å². The van der Waals surface area contributed by atoms with Gasteiger partial charge in [0.1, 0.15) is 5.69 Å². The molecule has 0 amide bonds. The summed E-state index contributed by atoms with van der Waals surface area (Å²) >= 11 is 0. The molecule has 0 heterocycles. The third-order valence-electron chi connectivity index (χ3n) is 5.51. The average molecular weight is 401 g/mol. The highest BCUT2D eigenvalue weighted by Gasteiger charge is 2.30. The molecule has 3 rings (SSSR count). The van der Waals surface area contributed by atoms with Gasteiger partial charge < -0.3 is 5.32 Å². The molecule has 0 saturated carbocycles. The Morgan fingerprint density at radius 3 is 2.20 bits per heavy atom. The number of rotatable bonds is 7. The van der Waals surface area contributed by atoms with Crippen molar-refractivity contribution >= 4 is 22.5 Å². The highest BCUT2D eigenvalue weighted by atomic mass is 14.8. The van der Waals surface area contributed by atoms with Crippen molar-refractivity contribution in [3.63, 3.8) is 0 Å². The Morgan fingerprint density at radius 2 is 1.53 bits per heavy atom. The van der Waals surface area contributed by atoms with Crippen molar-refractivity contribution in [2.45, 2.75) is 52.9 Å². The van der Waals surface area contributed by atoms with E-state index >= 15 is 0 Å². The van der Waals surface area contributed by atoms with E-state index in [1.165, 1.54) is 33.2 Å². The fraction of sp³-hybridized carbons (Fsp3) is 0.310. The van der Waals surface area contributed by atoms with Gasteiger partial charge in [0.25, 0.3) is 0 Å². The topological polar surface area (TPSA) is 16.6 Å². The molecule has 0 aliphatic heterocycles. The predicted octanol–water partition coefficient (Wildman–Crippen LogP) is 7.41. The molecule has 2 N–H and O–H groups in total. The molecule has 0 aliphatic rings. The summed E-state index contributed by atoms with van der Waals surface area (Å²) in [6.45, 7) is 10.8.